The van der Waals surface area contributed by atoms with Crippen LogP contribution in [0.1, 0.15) is 0 Å². The Balaban J connectivity index is 1.68. The van der Waals surface area contributed by atoms with Crippen LogP contribution in [-0.4, -0.2) is 19.9 Å². The van der Waals surface area contributed by atoms with Crippen LogP contribution in [0.2, 0.25) is 0 Å². The zero-order valence-electron chi connectivity index (χ0n) is 14.4. The van der Waals surface area contributed by atoms with Crippen LogP contribution in [0.4, 0.5) is 17.2 Å². The zero-order chi connectivity index (χ0) is 19.3. The number of fused-ring (bicyclic) bond motifs is 1. The van der Waals surface area contributed by atoms with Crippen LogP contribution in [-0.2, 0) is 0 Å². The molecule has 0 fully saturated rings. The summed E-state index contributed by atoms with van der Waals surface area (Å²) < 4.78 is 5.75. The first-order valence-electron chi connectivity index (χ1n) is 8.30. The van der Waals surface area contributed by atoms with Gasteiger partial charge in [-0.2, -0.15) is 4.98 Å². The van der Waals surface area contributed by atoms with Gasteiger partial charge in [-0.25, -0.2) is 4.98 Å². The molecule has 28 heavy (non-hydrogen) atoms. The lowest BCUT2D eigenvalue weighted by atomic mass is 10.2. The number of hydrazine groups is 1. The number of para-hydroxylation sites is 2. The predicted molar refractivity (Wildman–Crippen MR) is 104 cm³/mol. The van der Waals surface area contributed by atoms with Crippen molar-refractivity contribution < 1.29 is 9.66 Å². The molecule has 2 aromatic heterocycles. The minimum Gasteiger partial charge on any atom is -0.431 e. The van der Waals surface area contributed by atoms with Crippen LogP contribution >= 0.6 is 0 Å². The van der Waals surface area contributed by atoms with Gasteiger partial charge < -0.3 is 4.74 Å². The van der Waals surface area contributed by atoms with E-state index >= 15 is 0 Å². The van der Waals surface area contributed by atoms with E-state index in [9.17, 15) is 10.1 Å². The van der Waals surface area contributed by atoms with Crippen molar-refractivity contribution in [1.29, 1.82) is 0 Å². The normalized spacial score (nSPS) is 10.4. The number of nitro groups is 1. The smallest absolute Gasteiger partial charge is 0.374 e. The van der Waals surface area contributed by atoms with E-state index < -0.39 is 4.92 Å². The van der Waals surface area contributed by atoms with Crippen molar-refractivity contribution in [3.05, 3.63) is 83.3 Å². The first-order valence-corrected chi connectivity index (χ1v) is 8.30. The van der Waals surface area contributed by atoms with Gasteiger partial charge in [0.1, 0.15) is 11.8 Å². The van der Waals surface area contributed by atoms with Crippen LogP contribution in [0.15, 0.2) is 73.2 Å². The standard InChI is InChI=1S/C19H14N6O3/c26-25(27)17-18(24-23-14-8-2-1-3-9-14)21-12-22-19(17)28-15-10-4-6-13-7-5-11-20-16(13)15/h1-12,23H,(H,21,22,24). The molecular weight excluding hydrogens is 360 g/mol. The number of nitrogens with one attached hydrogen (secondary N) is 2. The van der Waals surface area contributed by atoms with Crippen molar-refractivity contribution in [2.24, 2.45) is 0 Å². The zero-order valence-corrected chi connectivity index (χ0v) is 14.4. The van der Waals surface area contributed by atoms with Crippen molar-refractivity contribution in [2.75, 3.05) is 10.9 Å². The minimum absolute atomic E-state index is 0.0213. The molecule has 0 saturated heterocycles. The molecule has 0 saturated carbocycles. The molecule has 9 nitrogen and oxygen atoms in total. The molecule has 4 rings (SSSR count). The van der Waals surface area contributed by atoms with E-state index in [1.807, 2.05) is 30.3 Å². The van der Waals surface area contributed by atoms with E-state index in [0.717, 1.165) is 11.1 Å². The molecule has 0 bridgehead atoms. The molecule has 4 aromatic rings. The average Bonchev–Trinajstić information content (AvgIpc) is 2.73. The Kier molecular flexibility index (Phi) is 4.62. The highest BCUT2D eigenvalue weighted by Crippen LogP contribution is 2.36. The highest BCUT2D eigenvalue weighted by Gasteiger charge is 2.25. The Morgan fingerprint density at radius 2 is 1.71 bits per heavy atom. The fourth-order valence-electron chi connectivity index (χ4n) is 2.61. The van der Waals surface area contributed by atoms with Crippen LogP contribution in [0.5, 0.6) is 11.6 Å². The molecule has 0 radical (unpaired) electrons. The van der Waals surface area contributed by atoms with Gasteiger partial charge in [0.15, 0.2) is 5.75 Å². The van der Waals surface area contributed by atoms with Crippen LogP contribution < -0.4 is 15.6 Å². The third-order valence-electron chi connectivity index (χ3n) is 3.87. The number of nitrogens with zero attached hydrogens (tertiary/aromatic N) is 4. The average molecular weight is 374 g/mol. The fraction of sp³-hybridized carbons (Fsp3) is 0. The van der Waals surface area contributed by atoms with E-state index in [-0.39, 0.29) is 17.4 Å². The quantitative estimate of drug-likeness (QED) is 0.382. The molecule has 2 heterocycles. The van der Waals surface area contributed by atoms with Gasteiger partial charge in [-0.3, -0.25) is 25.9 Å². The second kappa shape index (κ2) is 7.54. The number of rotatable bonds is 6. The Labute approximate surface area is 159 Å². The summed E-state index contributed by atoms with van der Waals surface area (Å²) in [5.74, 6) is 0.157. The van der Waals surface area contributed by atoms with Gasteiger partial charge in [0.05, 0.1) is 10.6 Å². The number of anilines is 2. The number of ether oxygens (including phenoxy) is 1. The van der Waals surface area contributed by atoms with Gasteiger partial charge >= 0.3 is 11.6 Å². The molecule has 0 aliphatic carbocycles. The molecule has 0 unspecified atom stereocenters. The number of aromatic nitrogens is 3. The Morgan fingerprint density at radius 3 is 2.54 bits per heavy atom. The summed E-state index contributed by atoms with van der Waals surface area (Å²) in [5.41, 5.74) is 6.51. The molecule has 138 valence electrons. The number of hydrogen-bond donors (Lipinski definition) is 2. The number of hydrogen-bond acceptors (Lipinski definition) is 8. The second-order valence-electron chi connectivity index (χ2n) is 5.68. The molecule has 0 atom stereocenters. The van der Waals surface area contributed by atoms with Gasteiger partial charge in [-0.15, -0.1) is 0 Å². The summed E-state index contributed by atoms with van der Waals surface area (Å²) in [4.78, 5) is 23.3. The van der Waals surface area contributed by atoms with Crippen molar-refractivity contribution in [3.63, 3.8) is 0 Å². The lowest BCUT2D eigenvalue weighted by Crippen LogP contribution is -2.12. The second-order valence-corrected chi connectivity index (χ2v) is 5.68. The van der Waals surface area contributed by atoms with E-state index in [1.54, 1.807) is 36.5 Å². The van der Waals surface area contributed by atoms with Crippen molar-refractivity contribution in [3.8, 4) is 11.6 Å². The van der Waals surface area contributed by atoms with Crippen LogP contribution in [0.25, 0.3) is 10.9 Å². The molecular formula is C19H14N6O3. The maximum Gasteiger partial charge on any atom is 0.374 e. The predicted octanol–water partition coefficient (Wildman–Crippen LogP) is 4.16. The van der Waals surface area contributed by atoms with Gasteiger partial charge in [-0.05, 0) is 24.3 Å². The largest absolute Gasteiger partial charge is 0.431 e. The molecule has 9 heteroatoms. The van der Waals surface area contributed by atoms with Gasteiger partial charge in [0.25, 0.3) is 0 Å². The van der Waals surface area contributed by atoms with E-state index in [0.29, 0.717) is 11.3 Å². The summed E-state index contributed by atoms with van der Waals surface area (Å²) in [6, 6.07) is 18.2. The number of pyridine rings is 1. The SMILES string of the molecule is O=[N+]([O-])c1c(NNc2ccccc2)ncnc1Oc1cccc2cccnc12. The third kappa shape index (κ3) is 3.49. The van der Waals surface area contributed by atoms with Crippen molar-refractivity contribution >= 4 is 28.1 Å². The summed E-state index contributed by atoms with van der Waals surface area (Å²) >= 11 is 0. The maximum atomic E-state index is 11.7. The lowest BCUT2D eigenvalue weighted by molar-refractivity contribution is -0.385. The lowest BCUT2D eigenvalue weighted by Gasteiger charge is -2.11. The molecule has 2 N–H and O–H groups in total. The Hall–Kier alpha value is -4.27. The van der Waals surface area contributed by atoms with Gasteiger partial charge in [-0.1, -0.05) is 36.4 Å². The fourth-order valence-corrected chi connectivity index (χ4v) is 2.61. The van der Waals surface area contributed by atoms with Gasteiger partial charge in [0.2, 0.25) is 5.82 Å². The highest BCUT2D eigenvalue weighted by molar-refractivity contribution is 5.84. The van der Waals surface area contributed by atoms with E-state index in [2.05, 4.69) is 25.8 Å². The summed E-state index contributed by atoms with van der Waals surface area (Å²) in [5, 5.41) is 12.5. The molecule has 0 spiro atoms. The Morgan fingerprint density at radius 1 is 0.893 bits per heavy atom. The van der Waals surface area contributed by atoms with Crippen LogP contribution in [0, 0.1) is 10.1 Å². The van der Waals surface area contributed by atoms with Crippen LogP contribution in [0.3, 0.4) is 0 Å². The number of benzene rings is 2. The first kappa shape index (κ1) is 17.2. The third-order valence-corrected chi connectivity index (χ3v) is 3.87. The monoisotopic (exact) mass is 374 g/mol. The van der Waals surface area contributed by atoms with Crippen molar-refractivity contribution in [2.45, 2.75) is 0 Å². The van der Waals surface area contributed by atoms with E-state index in [4.69, 9.17) is 4.74 Å². The molecule has 0 aliphatic heterocycles. The summed E-state index contributed by atoms with van der Waals surface area (Å²) in [6.45, 7) is 0. The minimum atomic E-state index is -0.594. The Bertz CT molecular complexity index is 1130. The summed E-state index contributed by atoms with van der Waals surface area (Å²) in [6.07, 6.45) is 2.82. The summed E-state index contributed by atoms with van der Waals surface area (Å²) in [7, 11) is 0. The molecule has 2 aromatic carbocycles. The topological polar surface area (TPSA) is 115 Å². The van der Waals surface area contributed by atoms with E-state index in [1.165, 1.54) is 6.33 Å². The van der Waals surface area contributed by atoms with Gasteiger partial charge in [0, 0.05) is 11.6 Å². The first-order chi connectivity index (χ1) is 13.7. The highest BCUT2D eigenvalue weighted by atomic mass is 16.6. The molecule has 0 aliphatic rings. The maximum absolute atomic E-state index is 11.7. The van der Waals surface area contributed by atoms with Crippen molar-refractivity contribution in [1.82, 2.24) is 15.0 Å². The molecule has 0 amide bonds.